The van der Waals surface area contributed by atoms with Crippen molar-refractivity contribution in [3.63, 3.8) is 0 Å². The van der Waals surface area contributed by atoms with Gasteiger partial charge in [0, 0.05) is 24.7 Å². The molecule has 7 nitrogen and oxygen atoms in total. The van der Waals surface area contributed by atoms with Crippen molar-refractivity contribution in [3.8, 4) is 0 Å². The Morgan fingerprint density at radius 3 is 2.86 bits per heavy atom. The summed E-state index contributed by atoms with van der Waals surface area (Å²) < 4.78 is 1.78. The lowest BCUT2D eigenvalue weighted by molar-refractivity contribution is 0.608. The molecule has 0 aliphatic rings. The van der Waals surface area contributed by atoms with Crippen molar-refractivity contribution < 1.29 is 0 Å². The summed E-state index contributed by atoms with van der Waals surface area (Å²) in [5.41, 5.74) is 0.923. The molecule has 0 fully saturated rings. The van der Waals surface area contributed by atoms with E-state index in [1.54, 1.807) is 10.9 Å². The molecule has 0 amide bonds. The SMILES string of the molecule is CCNc1nc(NCCn2ccnn2)c2ccccc2n1. The minimum absolute atomic E-state index is 0.638. The van der Waals surface area contributed by atoms with Crippen molar-refractivity contribution in [3.05, 3.63) is 36.7 Å². The monoisotopic (exact) mass is 283 g/mol. The van der Waals surface area contributed by atoms with E-state index in [1.165, 1.54) is 0 Å². The zero-order chi connectivity index (χ0) is 14.5. The van der Waals surface area contributed by atoms with E-state index in [1.807, 2.05) is 37.4 Å². The number of hydrogen-bond acceptors (Lipinski definition) is 6. The van der Waals surface area contributed by atoms with Gasteiger partial charge in [-0.1, -0.05) is 17.3 Å². The molecule has 0 bridgehead atoms. The number of hydrogen-bond donors (Lipinski definition) is 2. The van der Waals surface area contributed by atoms with E-state index in [4.69, 9.17) is 0 Å². The van der Waals surface area contributed by atoms with Crippen LogP contribution in [-0.2, 0) is 6.54 Å². The van der Waals surface area contributed by atoms with Gasteiger partial charge in [-0.3, -0.25) is 4.68 Å². The van der Waals surface area contributed by atoms with Gasteiger partial charge >= 0.3 is 0 Å². The molecule has 2 N–H and O–H groups in total. The Balaban J connectivity index is 1.81. The van der Waals surface area contributed by atoms with E-state index in [-0.39, 0.29) is 0 Å². The summed E-state index contributed by atoms with van der Waals surface area (Å²) in [7, 11) is 0. The van der Waals surface area contributed by atoms with Gasteiger partial charge in [0.2, 0.25) is 5.95 Å². The number of benzene rings is 1. The third kappa shape index (κ3) is 3.07. The minimum atomic E-state index is 0.638. The molecule has 0 spiro atoms. The second-order valence-corrected chi connectivity index (χ2v) is 4.54. The van der Waals surface area contributed by atoms with Crippen LogP contribution in [0.15, 0.2) is 36.7 Å². The molecule has 3 rings (SSSR count). The van der Waals surface area contributed by atoms with Crippen molar-refractivity contribution in [2.75, 3.05) is 23.7 Å². The lowest BCUT2D eigenvalue weighted by atomic mass is 10.2. The molecule has 2 aromatic heterocycles. The summed E-state index contributed by atoms with van der Waals surface area (Å²) in [6.07, 6.45) is 3.51. The highest BCUT2D eigenvalue weighted by atomic mass is 15.4. The number of para-hydroxylation sites is 1. The number of aromatic nitrogens is 5. The van der Waals surface area contributed by atoms with Crippen LogP contribution in [0.4, 0.5) is 11.8 Å². The summed E-state index contributed by atoms with van der Waals surface area (Å²) in [5, 5.41) is 15.2. The molecule has 2 heterocycles. The van der Waals surface area contributed by atoms with Crippen LogP contribution in [0.25, 0.3) is 10.9 Å². The molecule has 0 unspecified atom stereocenters. The number of anilines is 2. The fourth-order valence-corrected chi connectivity index (χ4v) is 2.09. The molecule has 7 heteroatoms. The summed E-state index contributed by atoms with van der Waals surface area (Å²) >= 11 is 0. The van der Waals surface area contributed by atoms with E-state index < -0.39 is 0 Å². The molecule has 0 saturated heterocycles. The van der Waals surface area contributed by atoms with Gasteiger partial charge in [0.15, 0.2) is 0 Å². The maximum absolute atomic E-state index is 4.53. The highest BCUT2D eigenvalue weighted by Gasteiger charge is 2.06. The van der Waals surface area contributed by atoms with E-state index in [0.717, 1.165) is 36.4 Å². The van der Waals surface area contributed by atoms with Crippen LogP contribution in [0.5, 0.6) is 0 Å². The quantitative estimate of drug-likeness (QED) is 0.717. The molecule has 0 radical (unpaired) electrons. The van der Waals surface area contributed by atoms with Crippen LogP contribution in [0.3, 0.4) is 0 Å². The third-order valence-electron chi connectivity index (χ3n) is 3.04. The van der Waals surface area contributed by atoms with Gasteiger partial charge < -0.3 is 10.6 Å². The Morgan fingerprint density at radius 1 is 1.14 bits per heavy atom. The van der Waals surface area contributed by atoms with Crippen LogP contribution in [0.1, 0.15) is 6.92 Å². The van der Waals surface area contributed by atoms with Crippen molar-refractivity contribution >= 4 is 22.7 Å². The summed E-state index contributed by atoms with van der Waals surface area (Å²) in [5.74, 6) is 1.47. The molecule has 3 aromatic rings. The number of nitrogens with zero attached hydrogens (tertiary/aromatic N) is 5. The largest absolute Gasteiger partial charge is 0.368 e. The lowest BCUT2D eigenvalue weighted by Gasteiger charge is -2.11. The molecule has 21 heavy (non-hydrogen) atoms. The fraction of sp³-hybridized carbons (Fsp3) is 0.286. The summed E-state index contributed by atoms with van der Waals surface area (Å²) in [4.78, 5) is 9.02. The number of fused-ring (bicyclic) bond motifs is 1. The second kappa shape index (κ2) is 6.17. The van der Waals surface area contributed by atoms with Gasteiger partial charge in [0.1, 0.15) is 5.82 Å². The van der Waals surface area contributed by atoms with E-state index in [0.29, 0.717) is 5.95 Å². The molecule has 0 aliphatic heterocycles. The third-order valence-corrected chi connectivity index (χ3v) is 3.04. The molecule has 0 aliphatic carbocycles. The molecular formula is C14H17N7. The molecule has 0 atom stereocenters. The van der Waals surface area contributed by atoms with E-state index in [2.05, 4.69) is 30.9 Å². The maximum atomic E-state index is 4.53. The zero-order valence-corrected chi connectivity index (χ0v) is 11.8. The first-order valence-corrected chi connectivity index (χ1v) is 6.95. The Labute approximate surface area is 122 Å². The molecule has 108 valence electrons. The van der Waals surface area contributed by atoms with Gasteiger partial charge in [0.25, 0.3) is 0 Å². The summed E-state index contributed by atoms with van der Waals surface area (Å²) in [6.45, 7) is 4.26. The van der Waals surface area contributed by atoms with Crippen molar-refractivity contribution in [2.45, 2.75) is 13.5 Å². The Morgan fingerprint density at radius 2 is 2.05 bits per heavy atom. The van der Waals surface area contributed by atoms with E-state index >= 15 is 0 Å². The minimum Gasteiger partial charge on any atom is -0.368 e. The standard InChI is InChI=1S/C14H17N7/c1-2-15-14-18-12-6-4-3-5-11(12)13(19-14)16-7-9-21-10-8-17-20-21/h3-6,8,10H,2,7,9H2,1H3,(H2,15,16,18,19). The maximum Gasteiger partial charge on any atom is 0.225 e. The first-order valence-electron chi connectivity index (χ1n) is 6.95. The normalized spacial score (nSPS) is 10.7. The first kappa shape index (κ1) is 13.3. The fourth-order valence-electron chi connectivity index (χ4n) is 2.09. The lowest BCUT2D eigenvalue weighted by Crippen LogP contribution is -2.13. The van der Waals surface area contributed by atoms with Gasteiger partial charge in [-0.2, -0.15) is 4.98 Å². The number of nitrogens with one attached hydrogen (secondary N) is 2. The van der Waals surface area contributed by atoms with E-state index in [9.17, 15) is 0 Å². The highest BCUT2D eigenvalue weighted by Crippen LogP contribution is 2.21. The molecular weight excluding hydrogens is 266 g/mol. The predicted molar refractivity (Wildman–Crippen MR) is 82.2 cm³/mol. The average molecular weight is 283 g/mol. The van der Waals surface area contributed by atoms with Crippen molar-refractivity contribution in [1.29, 1.82) is 0 Å². The zero-order valence-electron chi connectivity index (χ0n) is 11.8. The van der Waals surface area contributed by atoms with Crippen LogP contribution in [0, 0.1) is 0 Å². The number of rotatable bonds is 6. The Bertz CT molecular complexity index is 708. The topological polar surface area (TPSA) is 80.5 Å². The second-order valence-electron chi connectivity index (χ2n) is 4.54. The smallest absolute Gasteiger partial charge is 0.225 e. The van der Waals surface area contributed by atoms with Gasteiger partial charge in [-0.25, -0.2) is 4.98 Å². The summed E-state index contributed by atoms with van der Waals surface area (Å²) in [6, 6.07) is 7.97. The van der Waals surface area contributed by atoms with Gasteiger partial charge in [-0.05, 0) is 19.1 Å². The van der Waals surface area contributed by atoms with Crippen LogP contribution in [-0.4, -0.2) is 38.1 Å². The molecule has 1 aromatic carbocycles. The first-order chi connectivity index (χ1) is 10.4. The Hall–Kier alpha value is -2.70. The van der Waals surface area contributed by atoms with Gasteiger partial charge in [-0.15, -0.1) is 5.10 Å². The van der Waals surface area contributed by atoms with Crippen molar-refractivity contribution in [2.24, 2.45) is 0 Å². The van der Waals surface area contributed by atoms with Crippen molar-refractivity contribution in [1.82, 2.24) is 25.0 Å². The van der Waals surface area contributed by atoms with Gasteiger partial charge in [0.05, 0.1) is 18.3 Å². The predicted octanol–water partition coefficient (Wildman–Crippen LogP) is 1.77. The highest BCUT2D eigenvalue weighted by molar-refractivity contribution is 5.89. The average Bonchev–Trinajstić information content (AvgIpc) is 3.01. The Kier molecular flexibility index (Phi) is 3.90. The van der Waals surface area contributed by atoms with Crippen LogP contribution < -0.4 is 10.6 Å². The van der Waals surface area contributed by atoms with Crippen LogP contribution >= 0.6 is 0 Å². The van der Waals surface area contributed by atoms with Crippen LogP contribution in [0.2, 0.25) is 0 Å². The molecule has 0 saturated carbocycles.